The number of hydrogen-bond donors (Lipinski definition) is 2. The molecule has 0 spiro atoms. The third-order valence-electron chi connectivity index (χ3n) is 8.41. The molecule has 0 bridgehead atoms. The SMILES string of the molecule is CC(=O)N[C@H]1CCN(Cc2ccc(CN(CCCN3CCOCC3)C(=O)N[C@@H](C)c3cccc4ccccc34)cc2)C1. The van der Waals surface area contributed by atoms with Gasteiger partial charge in [0.2, 0.25) is 5.91 Å². The Balaban J connectivity index is 1.22. The minimum absolute atomic E-state index is 0.0382. The van der Waals surface area contributed by atoms with E-state index in [4.69, 9.17) is 4.74 Å². The van der Waals surface area contributed by atoms with Crippen LogP contribution in [0.4, 0.5) is 4.79 Å². The molecular weight excluding hydrogens is 526 g/mol. The van der Waals surface area contributed by atoms with Crippen LogP contribution >= 0.6 is 0 Å². The van der Waals surface area contributed by atoms with Gasteiger partial charge in [0.25, 0.3) is 0 Å². The van der Waals surface area contributed by atoms with E-state index in [1.807, 2.05) is 17.0 Å². The van der Waals surface area contributed by atoms with Crippen LogP contribution in [0.15, 0.2) is 66.7 Å². The number of morpholine rings is 1. The number of likely N-dealkylation sites (tertiary alicyclic amines) is 1. The minimum atomic E-state index is -0.116. The van der Waals surface area contributed by atoms with Crippen molar-refractivity contribution < 1.29 is 14.3 Å². The standard InChI is InChI=1S/C34H45N5O3/c1-26(32-10-5-8-30-7-3-4-9-33(30)32)35-34(41)39(17-6-16-37-19-21-42-22-20-37)24-29-13-11-28(12-14-29)23-38-18-15-31(25-38)36-27(2)40/h3-5,7-14,26,31H,6,15-25H2,1-2H3,(H,35,41)(H,36,40)/t26-,31-/m0/s1. The van der Waals surface area contributed by atoms with Gasteiger partial charge in [-0.15, -0.1) is 0 Å². The van der Waals surface area contributed by atoms with Gasteiger partial charge in [-0.05, 0) is 47.2 Å². The van der Waals surface area contributed by atoms with Crippen molar-refractivity contribution in [3.63, 3.8) is 0 Å². The Labute approximate surface area is 250 Å². The van der Waals surface area contributed by atoms with E-state index in [9.17, 15) is 9.59 Å². The third-order valence-corrected chi connectivity index (χ3v) is 8.41. The highest BCUT2D eigenvalue weighted by atomic mass is 16.5. The molecule has 0 unspecified atom stereocenters. The molecule has 8 heteroatoms. The van der Waals surface area contributed by atoms with Crippen LogP contribution in [0.2, 0.25) is 0 Å². The van der Waals surface area contributed by atoms with Gasteiger partial charge in [0.05, 0.1) is 19.3 Å². The topological polar surface area (TPSA) is 77.2 Å². The maximum atomic E-state index is 13.7. The summed E-state index contributed by atoms with van der Waals surface area (Å²) < 4.78 is 5.50. The van der Waals surface area contributed by atoms with Gasteiger partial charge in [0.1, 0.15) is 0 Å². The quantitative estimate of drug-likeness (QED) is 0.353. The van der Waals surface area contributed by atoms with E-state index in [1.165, 1.54) is 16.3 Å². The van der Waals surface area contributed by atoms with E-state index in [1.54, 1.807) is 6.92 Å². The minimum Gasteiger partial charge on any atom is -0.379 e. The highest BCUT2D eigenvalue weighted by Gasteiger charge is 2.23. The van der Waals surface area contributed by atoms with Crippen LogP contribution in [0.25, 0.3) is 10.8 Å². The zero-order valence-electron chi connectivity index (χ0n) is 25.1. The zero-order valence-corrected chi connectivity index (χ0v) is 25.1. The molecule has 0 aliphatic carbocycles. The van der Waals surface area contributed by atoms with Gasteiger partial charge in [-0.1, -0.05) is 66.7 Å². The lowest BCUT2D eigenvalue weighted by Crippen LogP contribution is -2.43. The van der Waals surface area contributed by atoms with Crippen LogP contribution in [-0.4, -0.2) is 85.2 Å². The molecule has 2 fully saturated rings. The monoisotopic (exact) mass is 571 g/mol. The first kappa shape index (κ1) is 30.0. The van der Waals surface area contributed by atoms with E-state index >= 15 is 0 Å². The second-order valence-electron chi connectivity index (χ2n) is 11.7. The van der Waals surface area contributed by atoms with Crippen LogP contribution in [0.5, 0.6) is 0 Å². The lowest BCUT2D eigenvalue weighted by Gasteiger charge is -2.29. The lowest BCUT2D eigenvalue weighted by molar-refractivity contribution is -0.119. The molecule has 3 aromatic rings. The van der Waals surface area contributed by atoms with Crippen molar-refractivity contribution in [3.8, 4) is 0 Å². The van der Waals surface area contributed by atoms with Crippen molar-refractivity contribution in [3.05, 3.63) is 83.4 Å². The van der Waals surface area contributed by atoms with E-state index < -0.39 is 0 Å². The number of ether oxygens (including phenoxy) is 1. The fourth-order valence-electron chi connectivity index (χ4n) is 6.15. The summed E-state index contributed by atoms with van der Waals surface area (Å²) >= 11 is 0. The number of carbonyl (C=O) groups is 2. The van der Waals surface area contributed by atoms with Crippen molar-refractivity contribution in [2.24, 2.45) is 0 Å². The summed E-state index contributed by atoms with van der Waals surface area (Å²) in [4.78, 5) is 31.9. The number of hydrogen-bond acceptors (Lipinski definition) is 5. The first-order valence-electron chi connectivity index (χ1n) is 15.3. The molecule has 2 heterocycles. The third kappa shape index (κ3) is 8.31. The molecule has 0 aromatic heterocycles. The predicted octanol–water partition coefficient (Wildman–Crippen LogP) is 4.55. The average Bonchev–Trinajstić information content (AvgIpc) is 3.43. The van der Waals surface area contributed by atoms with Gasteiger partial charge in [0.15, 0.2) is 0 Å². The Hall–Kier alpha value is -3.46. The van der Waals surface area contributed by atoms with E-state index in [2.05, 4.69) is 82.0 Å². The van der Waals surface area contributed by atoms with Crippen LogP contribution in [0, 0.1) is 0 Å². The van der Waals surface area contributed by atoms with Gasteiger partial charge < -0.3 is 20.3 Å². The molecule has 8 nitrogen and oxygen atoms in total. The van der Waals surface area contributed by atoms with Crippen molar-refractivity contribution in [2.45, 2.75) is 51.9 Å². The van der Waals surface area contributed by atoms with Crippen LogP contribution in [-0.2, 0) is 22.6 Å². The highest BCUT2D eigenvalue weighted by molar-refractivity contribution is 5.86. The molecular formula is C34H45N5O3. The fourth-order valence-corrected chi connectivity index (χ4v) is 6.15. The van der Waals surface area contributed by atoms with Crippen LogP contribution in [0.3, 0.4) is 0 Å². The summed E-state index contributed by atoms with van der Waals surface area (Å²) in [6, 6.07) is 23.3. The molecule has 2 atom stereocenters. The number of carbonyl (C=O) groups excluding carboxylic acids is 2. The normalized spacial score (nSPS) is 18.6. The Morgan fingerprint density at radius 1 is 0.952 bits per heavy atom. The Bertz CT molecular complexity index is 1320. The number of benzene rings is 3. The maximum absolute atomic E-state index is 13.7. The summed E-state index contributed by atoms with van der Waals surface area (Å²) in [6.45, 7) is 12.1. The number of nitrogens with zero attached hydrogens (tertiary/aromatic N) is 3. The Morgan fingerprint density at radius 3 is 2.48 bits per heavy atom. The average molecular weight is 572 g/mol. The largest absolute Gasteiger partial charge is 0.379 e. The number of amides is 3. The second kappa shape index (κ2) is 14.6. The van der Waals surface area contributed by atoms with Crippen LogP contribution in [0.1, 0.15) is 49.4 Å². The Morgan fingerprint density at radius 2 is 1.69 bits per heavy atom. The number of fused-ring (bicyclic) bond motifs is 1. The molecule has 3 amide bonds. The highest BCUT2D eigenvalue weighted by Crippen LogP contribution is 2.24. The van der Waals surface area contributed by atoms with Crippen LogP contribution < -0.4 is 10.6 Å². The first-order valence-corrected chi connectivity index (χ1v) is 15.3. The van der Waals surface area contributed by atoms with Crippen molar-refractivity contribution in [1.82, 2.24) is 25.3 Å². The van der Waals surface area contributed by atoms with E-state index in [0.29, 0.717) is 13.1 Å². The molecule has 2 aliphatic heterocycles. The van der Waals surface area contributed by atoms with Crippen molar-refractivity contribution in [1.29, 1.82) is 0 Å². The van der Waals surface area contributed by atoms with Gasteiger partial charge in [-0.25, -0.2) is 4.79 Å². The molecule has 0 radical (unpaired) electrons. The number of rotatable bonds is 11. The Kier molecular flexibility index (Phi) is 10.5. The molecule has 2 N–H and O–H groups in total. The first-order chi connectivity index (χ1) is 20.4. The number of nitrogens with one attached hydrogen (secondary N) is 2. The molecule has 224 valence electrons. The number of urea groups is 1. The zero-order chi connectivity index (χ0) is 29.3. The molecule has 2 saturated heterocycles. The molecule has 3 aromatic carbocycles. The fraction of sp³-hybridized carbons (Fsp3) is 0.471. The predicted molar refractivity (Wildman–Crippen MR) is 167 cm³/mol. The second-order valence-corrected chi connectivity index (χ2v) is 11.7. The molecule has 5 rings (SSSR count). The van der Waals surface area contributed by atoms with Gasteiger partial charge in [0, 0.05) is 65.3 Å². The maximum Gasteiger partial charge on any atom is 0.318 e. The van der Waals surface area contributed by atoms with Gasteiger partial charge >= 0.3 is 6.03 Å². The smallest absolute Gasteiger partial charge is 0.318 e. The summed E-state index contributed by atoms with van der Waals surface area (Å²) in [6.07, 6.45) is 1.90. The molecule has 0 saturated carbocycles. The molecule has 42 heavy (non-hydrogen) atoms. The van der Waals surface area contributed by atoms with Crippen molar-refractivity contribution >= 4 is 22.7 Å². The molecule has 2 aliphatic rings. The van der Waals surface area contributed by atoms with Gasteiger partial charge in [-0.2, -0.15) is 0 Å². The summed E-state index contributed by atoms with van der Waals surface area (Å²) in [5.41, 5.74) is 3.49. The summed E-state index contributed by atoms with van der Waals surface area (Å²) in [5, 5.41) is 8.68. The summed E-state index contributed by atoms with van der Waals surface area (Å²) in [5.74, 6) is 0.0382. The van der Waals surface area contributed by atoms with E-state index in [0.717, 1.165) is 76.5 Å². The van der Waals surface area contributed by atoms with Gasteiger partial charge in [-0.3, -0.25) is 14.6 Å². The summed E-state index contributed by atoms with van der Waals surface area (Å²) in [7, 11) is 0. The van der Waals surface area contributed by atoms with Crippen molar-refractivity contribution in [2.75, 3.05) is 52.5 Å². The van der Waals surface area contributed by atoms with E-state index in [-0.39, 0.29) is 24.0 Å². The lowest BCUT2D eigenvalue weighted by atomic mass is 10.00.